The summed E-state index contributed by atoms with van der Waals surface area (Å²) in [5.41, 5.74) is 0.839. The fourth-order valence-corrected chi connectivity index (χ4v) is 4.42. The maximum atomic E-state index is 12.6. The summed E-state index contributed by atoms with van der Waals surface area (Å²) in [6.45, 7) is 4.85. The predicted molar refractivity (Wildman–Crippen MR) is 87.3 cm³/mol. The van der Waals surface area contributed by atoms with E-state index in [-0.39, 0.29) is 5.91 Å². The van der Waals surface area contributed by atoms with E-state index >= 15 is 0 Å². The third-order valence-corrected chi connectivity index (χ3v) is 5.92. The summed E-state index contributed by atoms with van der Waals surface area (Å²) in [6.07, 6.45) is 5.14. The molecule has 1 aromatic rings. The van der Waals surface area contributed by atoms with Gasteiger partial charge in [-0.1, -0.05) is 0 Å². The van der Waals surface area contributed by atoms with Crippen LogP contribution in [-0.4, -0.2) is 60.6 Å². The largest absolute Gasteiger partial charge is 0.375 e. The number of hydrogen-bond acceptors (Lipinski definition) is 4. The van der Waals surface area contributed by atoms with Crippen LogP contribution in [0, 0.1) is 5.92 Å². The van der Waals surface area contributed by atoms with Crippen molar-refractivity contribution in [2.24, 2.45) is 5.92 Å². The van der Waals surface area contributed by atoms with Crippen LogP contribution in [-0.2, 0) is 4.74 Å². The van der Waals surface area contributed by atoms with Gasteiger partial charge in [-0.25, -0.2) is 0 Å². The summed E-state index contributed by atoms with van der Waals surface area (Å²) in [5.74, 6) is 1.11. The minimum Gasteiger partial charge on any atom is -0.375 e. The van der Waals surface area contributed by atoms with Crippen molar-refractivity contribution in [3.63, 3.8) is 0 Å². The molecule has 0 spiro atoms. The van der Waals surface area contributed by atoms with Crippen LogP contribution in [0.25, 0.3) is 0 Å². The Labute approximate surface area is 136 Å². The lowest BCUT2D eigenvalue weighted by molar-refractivity contribution is -0.0727. The molecule has 4 rings (SSSR count). The first-order valence-electron chi connectivity index (χ1n) is 8.48. The number of amides is 1. The number of hydrogen-bond donors (Lipinski definition) is 0. The Morgan fingerprint density at radius 3 is 2.86 bits per heavy atom. The van der Waals surface area contributed by atoms with Gasteiger partial charge in [-0.2, -0.15) is 11.3 Å². The number of thiophene rings is 1. The van der Waals surface area contributed by atoms with E-state index in [1.54, 1.807) is 11.3 Å². The van der Waals surface area contributed by atoms with Gasteiger partial charge < -0.3 is 9.64 Å². The predicted octanol–water partition coefficient (Wildman–Crippen LogP) is 2.46. The molecule has 2 unspecified atom stereocenters. The van der Waals surface area contributed by atoms with Gasteiger partial charge in [-0.15, -0.1) is 0 Å². The zero-order valence-electron chi connectivity index (χ0n) is 12.9. The highest BCUT2D eigenvalue weighted by Crippen LogP contribution is 2.33. The lowest BCUT2D eigenvalue weighted by Gasteiger charge is -2.40. The van der Waals surface area contributed by atoms with Gasteiger partial charge in [0.2, 0.25) is 0 Å². The van der Waals surface area contributed by atoms with E-state index < -0.39 is 0 Å². The van der Waals surface area contributed by atoms with Gasteiger partial charge in [-0.3, -0.25) is 9.69 Å². The second-order valence-corrected chi connectivity index (χ2v) is 7.58. The standard InChI is InChI=1S/C17H24N2O2S/c20-17(14-5-10-22-12-14)18-6-3-15-16(4-7-18)21-9-8-19(15)11-13-1-2-13/h5,10,12-13,15-16H,1-4,6-9,11H2. The highest BCUT2D eigenvalue weighted by atomic mass is 32.1. The Bertz CT molecular complexity index is 515. The topological polar surface area (TPSA) is 32.8 Å². The molecule has 0 radical (unpaired) electrons. The highest BCUT2D eigenvalue weighted by Gasteiger charge is 2.37. The number of fused-ring (bicyclic) bond motifs is 1. The Hall–Kier alpha value is -0.910. The van der Waals surface area contributed by atoms with Gasteiger partial charge in [0.05, 0.1) is 18.3 Å². The lowest BCUT2D eigenvalue weighted by atomic mass is 10.0. The lowest BCUT2D eigenvalue weighted by Crippen LogP contribution is -2.51. The molecule has 2 saturated heterocycles. The second-order valence-electron chi connectivity index (χ2n) is 6.80. The summed E-state index contributed by atoms with van der Waals surface area (Å²) in [6, 6.07) is 2.44. The first-order chi connectivity index (χ1) is 10.8. The normalized spacial score (nSPS) is 29.9. The van der Waals surface area contributed by atoms with Crippen molar-refractivity contribution in [3.05, 3.63) is 22.4 Å². The number of nitrogens with zero attached hydrogens (tertiary/aromatic N) is 2. The van der Waals surface area contributed by atoms with Crippen LogP contribution in [0.3, 0.4) is 0 Å². The molecule has 3 heterocycles. The maximum Gasteiger partial charge on any atom is 0.254 e. The molecule has 3 fully saturated rings. The SMILES string of the molecule is O=C(c1ccsc1)N1CCC2OCCN(CC3CC3)C2CC1. The summed E-state index contributed by atoms with van der Waals surface area (Å²) >= 11 is 1.59. The van der Waals surface area contributed by atoms with Crippen molar-refractivity contribution in [3.8, 4) is 0 Å². The van der Waals surface area contributed by atoms with Crippen LogP contribution in [0.4, 0.5) is 0 Å². The number of likely N-dealkylation sites (tertiary alicyclic amines) is 1. The smallest absolute Gasteiger partial charge is 0.254 e. The average molecular weight is 320 g/mol. The first kappa shape index (κ1) is 14.7. The molecule has 0 aromatic carbocycles. The van der Waals surface area contributed by atoms with Crippen molar-refractivity contribution >= 4 is 17.2 Å². The van der Waals surface area contributed by atoms with Crippen LogP contribution in [0.5, 0.6) is 0 Å². The zero-order chi connectivity index (χ0) is 14.9. The summed E-state index contributed by atoms with van der Waals surface area (Å²) < 4.78 is 6.04. The molecule has 0 bridgehead atoms. The third-order valence-electron chi connectivity index (χ3n) is 5.23. The fraction of sp³-hybridized carbons (Fsp3) is 0.706. The van der Waals surface area contributed by atoms with E-state index in [2.05, 4.69) is 4.90 Å². The second kappa shape index (κ2) is 6.30. The minimum absolute atomic E-state index is 0.189. The molecule has 1 aliphatic carbocycles. The number of rotatable bonds is 3. The Morgan fingerprint density at radius 1 is 1.23 bits per heavy atom. The van der Waals surface area contributed by atoms with Gasteiger partial charge in [0.15, 0.2) is 0 Å². The monoisotopic (exact) mass is 320 g/mol. The molecule has 2 aliphatic heterocycles. The van der Waals surface area contributed by atoms with E-state index in [1.165, 1.54) is 19.4 Å². The van der Waals surface area contributed by atoms with E-state index in [0.717, 1.165) is 50.6 Å². The molecular formula is C17H24N2O2S. The number of carbonyl (C=O) groups is 1. The minimum atomic E-state index is 0.189. The van der Waals surface area contributed by atoms with Crippen molar-refractivity contribution < 1.29 is 9.53 Å². The van der Waals surface area contributed by atoms with Crippen molar-refractivity contribution in [1.29, 1.82) is 0 Å². The maximum absolute atomic E-state index is 12.6. The van der Waals surface area contributed by atoms with Gasteiger partial charge in [-0.05, 0) is 43.0 Å². The highest BCUT2D eigenvalue weighted by molar-refractivity contribution is 7.08. The quantitative estimate of drug-likeness (QED) is 0.858. The average Bonchev–Trinajstić information content (AvgIpc) is 3.23. The van der Waals surface area contributed by atoms with Crippen molar-refractivity contribution in [2.45, 2.75) is 37.8 Å². The van der Waals surface area contributed by atoms with Gasteiger partial charge >= 0.3 is 0 Å². The first-order valence-corrected chi connectivity index (χ1v) is 9.42. The van der Waals surface area contributed by atoms with Gasteiger partial charge in [0.1, 0.15) is 0 Å². The van der Waals surface area contributed by atoms with E-state index in [9.17, 15) is 4.79 Å². The molecule has 4 nitrogen and oxygen atoms in total. The van der Waals surface area contributed by atoms with Crippen LogP contribution in [0.1, 0.15) is 36.0 Å². The van der Waals surface area contributed by atoms with Crippen molar-refractivity contribution in [2.75, 3.05) is 32.8 Å². The Kier molecular flexibility index (Phi) is 4.20. The molecule has 3 aliphatic rings. The number of carbonyl (C=O) groups excluding carboxylic acids is 1. The molecule has 5 heteroatoms. The number of morpholine rings is 1. The number of ether oxygens (including phenoxy) is 1. The molecule has 0 N–H and O–H groups in total. The Morgan fingerprint density at radius 2 is 2.09 bits per heavy atom. The third kappa shape index (κ3) is 3.07. The van der Waals surface area contributed by atoms with E-state index in [1.807, 2.05) is 21.7 Å². The van der Waals surface area contributed by atoms with E-state index in [0.29, 0.717) is 12.1 Å². The zero-order valence-corrected chi connectivity index (χ0v) is 13.8. The summed E-state index contributed by atoms with van der Waals surface area (Å²) in [5, 5.41) is 3.93. The van der Waals surface area contributed by atoms with Gasteiger partial charge in [0, 0.05) is 37.6 Å². The molecule has 1 amide bonds. The van der Waals surface area contributed by atoms with Crippen molar-refractivity contribution in [1.82, 2.24) is 9.80 Å². The molecule has 120 valence electrons. The Balaban J connectivity index is 1.43. The van der Waals surface area contributed by atoms with Crippen LogP contribution < -0.4 is 0 Å². The van der Waals surface area contributed by atoms with Crippen LogP contribution >= 0.6 is 11.3 Å². The molecule has 1 aromatic heterocycles. The molecule has 1 saturated carbocycles. The van der Waals surface area contributed by atoms with Gasteiger partial charge in [0.25, 0.3) is 5.91 Å². The summed E-state index contributed by atoms with van der Waals surface area (Å²) in [4.78, 5) is 17.2. The molecule has 22 heavy (non-hydrogen) atoms. The fourth-order valence-electron chi connectivity index (χ4n) is 3.79. The van der Waals surface area contributed by atoms with Crippen LogP contribution in [0.2, 0.25) is 0 Å². The molecular weight excluding hydrogens is 296 g/mol. The van der Waals surface area contributed by atoms with Crippen LogP contribution in [0.15, 0.2) is 16.8 Å². The molecule has 2 atom stereocenters. The summed E-state index contributed by atoms with van der Waals surface area (Å²) in [7, 11) is 0. The van der Waals surface area contributed by atoms with E-state index in [4.69, 9.17) is 4.74 Å².